The molecule has 1 aromatic heterocycles. The van der Waals surface area contributed by atoms with Crippen LogP contribution in [0.5, 0.6) is 0 Å². The van der Waals surface area contributed by atoms with Crippen LogP contribution in [-0.4, -0.2) is 40.4 Å². The van der Waals surface area contributed by atoms with Gasteiger partial charge < -0.3 is 20.1 Å². The number of fused-ring (bicyclic) bond motifs is 1. The molecule has 0 spiro atoms. The Morgan fingerprint density at radius 2 is 2.09 bits per heavy atom. The number of hydrogen-bond donors (Lipinski definition) is 2. The van der Waals surface area contributed by atoms with Crippen molar-refractivity contribution >= 4 is 23.0 Å². The predicted octanol–water partition coefficient (Wildman–Crippen LogP) is 1.93. The van der Waals surface area contributed by atoms with E-state index in [1.807, 2.05) is 30.3 Å². The Labute approximate surface area is 134 Å². The minimum absolute atomic E-state index is 0.448. The van der Waals surface area contributed by atoms with Crippen LogP contribution in [-0.2, 0) is 10.5 Å². The number of ether oxygens (including phenoxy) is 1. The number of rotatable bonds is 4. The van der Waals surface area contributed by atoms with E-state index in [-0.39, 0.29) is 0 Å². The molecule has 1 unspecified atom stereocenters. The van der Waals surface area contributed by atoms with E-state index >= 15 is 0 Å². The van der Waals surface area contributed by atoms with Crippen LogP contribution < -0.4 is 5.32 Å². The van der Waals surface area contributed by atoms with Crippen molar-refractivity contribution in [2.45, 2.75) is 5.72 Å². The van der Waals surface area contributed by atoms with Crippen molar-refractivity contribution in [3.63, 3.8) is 0 Å². The summed E-state index contributed by atoms with van der Waals surface area (Å²) in [5.41, 5.74) is 0.841. The quantitative estimate of drug-likeness (QED) is 0.841. The van der Waals surface area contributed by atoms with Crippen LogP contribution >= 0.6 is 12.2 Å². The first-order valence-corrected chi connectivity index (χ1v) is 7.38. The number of aromatic nitrogens is 1. The predicted molar refractivity (Wildman–Crippen MR) is 88.5 cm³/mol. The Kier molecular flexibility index (Phi) is 4.06. The van der Waals surface area contributed by atoms with Gasteiger partial charge in [-0.15, -0.1) is 0 Å². The van der Waals surface area contributed by atoms with Gasteiger partial charge in [0.05, 0.1) is 18.5 Å². The van der Waals surface area contributed by atoms with Gasteiger partial charge in [0.2, 0.25) is 0 Å². The molecule has 1 atom stereocenters. The Hall–Kier alpha value is -2.02. The Morgan fingerprint density at radius 3 is 2.82 bits per heavy atom. The number of anilines is 1. The summed E-state index contributed by atoms with van der Waals surface area (Å²) in [5.74, 6) is 0. The smallest absolute Gasteiger partial charge is 0.195 e. The van der Waals surface area contributed by atoms with Crippen LogP contribution in [0.25, 0.3) is 0 Å². The Bertz CT molecular complexity index is 680. The summed E-state index contributed by atoms with van der Waals surface area (Å²) in [6.45, 7) is 0.923. The fourth-order valence-electron chi connectivity index (χ4n) is 2.70. The maximum atomic E-state index is 11.6. The lowest BCUT2D eigenvalue weighted by molar-refractivity contribution is -0.0463. The molecule has 0 saturated heterocycles. The lowest BCUT2D eigenvalue weighted by Gasteiger charge is -2.46. The van der Waals surface area contributed by atoms with Crippen LogP contribution in [0.15, 0.2) is 48.8 Å². The van der Waals surface area contributed by atoms with E-state index in [4.69, 9.17) is 17.0 Å². The molecule has 1 aliphatic rings. The topological polar surface area (TPSA) is 57.6 Å². The van der Waals surface area contributed by atoms with Gasteiger partial charge in [-0.3, -0.25) is 4.98 Å². The number of nitrogens with zero attached hydrogens (tertiary/aromatic N) is 2. The SMILES string of the molecule is COCCN1C(=S)Nc2cnccc2C1(O)c1ccccc1. The molecule has 1 aliphatic heterocycles. The van der Waals surface area contributed by atoms with E-state index in [0.717, 1.165) is 11.1 Å². The molecule has 2 aromatic rings. The highest BCUT2D eigenvalue weighted by molar-refractivity contribution is 7.80. The average Bonchev–Trinajstić information content (AvgIpc) is 2.55. The van der Waals surface area contributed by atoms with Crippen molar-refractivity contribution in [1.82, 2.24) is 9.88 Å². The molecule has 22 heavy (non-hydrogen) atoms. The molecule has 2 heterocycles. The van der Waals surface area contributed by atoms with Gasteiger partial charge in [0.1, 0.15) is 0 Å². The third-order valence-corrected chi connectivity index (χ3v) is 4.09. The molecular weight excluding hydrogens is 298 g/mol. The number of benzene rings is 1. The minimum atomic E-state index is -1.35. The zero-order chi connectivity index (χ0) is 15.6. The number of methoxy groups -OCH3 is 1. The van der Waals surface area contributed by atoms with Crippen molar-refractivity contribution in [1.29, 1.82) is 0 Å². The van der Waals surface area contributed by atoms with Gasteiger partial charge in [0, 0.05) is 31.0 Å². The van der Waals surface area contributed by atoms with Crippen molar-refractivity contribution in [3.8, 4) is 0 Å². The van der Waals surface area contributed by atoms with Gasteiger partial charge in [-0.05, 0) is 18.3 Å². The van der Waals surface area contributed by atoms with E-state index in [0.29, 0.717) is 24.0 Å². The normalized spacial score (nSPS) is 20.5. The van der Waals surface area contributed by atoms with Crippen LogP contribution in [0.3, 0.4) is 0 Å². The van der Waals surface area contributed by atoms with Crippen LogP contribution in [0.4, 0.5) is 5.69 Å². The third-order valence-electron chi connectivity index (χ3n) is 3.77. The number of pyridine rings is 1. The van der Waals surface area contributed by atoms with E-state index in [1.165, 1.54) is 0 Å². The Balaban J connectivity index is 2.17. The lowest BCUT2D eigenvalue weighted by Crippen LogP contribution is -2.56. The fraction of sp³-hybridized carbons (Fsp3) is 0.250. The molecule has 0 fully saturated rings. The van der Waals surface area contributed by atoms with E-state index in [2.05, 4.69) is 10.3 Å². The third kappa shape index (κ3) is 2.35. The van der Waals surface area contributed by atoms with Gasteiger partial charge >= 0.3 is 0 Å². The summed E-state index contributed by atoms with van der Waals surface area (Å²) in [4.78, 5) is 5.84. The second-order valence-electron chi connectivity index (χ2n) is 5.03. The molecule has 6 heteroatoms. The highest BCUT2D eigenvalue weighted by Gasteiger charge is 2.44. The molecule has 0 radical (unpaired) electrons. The highest BCUT2D eigenvalue weighted by Crippen LogP contribution is 2.40. The molecule has 0 bridgehead atoms. The number of thiocarbonyl (C=S) groups is 1. The monoisotopic (exact) mass is 315 g/mol. The molecule has 3 rings (SSSR count). The molecule has 114 valence electrons. The minimum Gasteiger partial charge on any atom is -0.383 e. The largest absolute Gasteiger partial charge is 0.383 e. The summed E-state index contributed by atoms with van der Waals surface area (Å²) in [6, 6.07) is 11.3. The summed E-state index contributed by atoms with van der Waals surface area (Å²) in [6.07, 6.45) is 3.33. The zero-order valence-electron chi connectivity index (χ0n) is 12.2. The summed E-state index contributed by atoms with van der Waals surface area (Å²) >= 11 is 5.44. The van der Waals surface area contributed by atoms with Gasteiger partial charge in [-0.2, -0.15) is 0 Å². The number of hydrogen-bond acceptors (Lipinski definition) is 4. The fourth-order valence-corrected chi connectivity index (χ4v) is 3.03. The van der Waals surface area contributed by atoms with Crippen molar-refractivity contribution in [2.24, 2.45) is 0 Å². The maximum absolute atomic E-state index is 11.6. The molecule has 0 amide bonds. The van der Waals surface area contributed by atoms with Crippen LogP contribution in [0.1, 0.15) is 11.1 Å². The van der Waals surface area contributed by atoms with Crippen molar-refractivity contribution < 1.29 is 9.84 Å². The molecule has 2 N–H and O–H groups in total. The van der Waals surface area contributed by atoms with Gasteiger partial charge in [-0.25, -0.2) is 0 Å². The summed E-state index contributed by atoms with van der Waals surface area (Å²) in [5, 5.41) is 15.1. The molecule has 5 nitrogen and oxygen atoms in total. The molecule has 0 aliphatic carbocycles. The average molecular weight is 315 g/mol. The lowest BCUT2D eigenvalue weighted by atomic mass is 9.91. The van der Waals surface area contributed by atoms with E-state index < -0.39 is 5.72 Å². The second kappa shape index (κ2) is 6.00. The number of nitrogens with one attached hydrogen (secondary N) is 1. The van der Waals surface area contributed by atoms with Crippen LogP contribution in [0.2, 0.25) is 0 Å². The standard InChI is InChI=1S/C16H17N3O2S/c1-21-10-9-19-15(22)18-14-11-17-8-7-13(14)16(19,20)12-5-3-2-4-6-12/h2-8,11,20H,9-10H2,1H3,(H,18,22). The second-order valence-corrected chi connectivity index (χ2v) is 5.42. The zero-order valence-corrected chi connectivity index (χ0v) is 13.0. The van der Waals surface area contributed by atoms with Crippen molar-refractivity contribution in [3.05, 3.63) is 59.9 Å². The number of aliphatic hydroxyl groups is 1. The summed E-state index contributed by atoms with van der Waals surface area (Å²) < 4.78 is 5.16. The first-order chi connectivity index (χ1) is 10.7. The maximum Gasteiger partial charge on any atom is 0.195 e. The summed E-state index contributed by atoms with van der Waals surface area (Å²) in [7, 11) is 1.62. The van der Waals surface area contributed by atoms with Crippen LogP contribution in [0, 0.1) is 0 Å². The van der Waals surface area contributed by atoms with Gasteiger partial charge in [-0.1, -0.05) is 30.3 Å². The van der Waals surface area contributed by atoms with E-state index in [9.17, 15) is 5.11 Å². The molecule has 0 saturated carbocycles. The van der Waals surface area contributed by atoms with Gasteiger partial charge in [0.15, 0.2) is 10.8 Å². The molecular formula is C16H17N3O2S. The highest BCUT2D eigenvalue weighted by atomic mass is 32.1. The first-order valence-electron chi connectivity index (χ1n) is 6.98. The Morgan fingerprint density at radius 1 is 1.32 bits per heavy atom. The molecule has 1 aromatic carbocycles. The first kappa shape index (κ1) is 14.9. The van der Waals surface area contributed by atoms with Crippen molar-refractivity contribution in [2.75, 3.05) is 25.6 Å². The van der Waals surface area contributed by atoms with Gasteiger partial charge in [0.25, 0.3) is 0 Å². The van der Waals surface area contributed by atoms with E-state index in [1.54, 1.807) is 30.5 Å².